The second kappa shape index (κ2) is 4.93. The van der Waals surface area contributed by atoms with Gasteiger partial charge in [0, 0.05) is 19.1 Å². The first-order valence-corrected chi connectivity index (χ1v) is 5.91. The van der Waals surface area contributed by atoms with Crippen molar-refractivity contribution in [3.8, 4) is 6.07 Å². The third-order valence-corrected chi connectivity index (χ3v) is 3.53. The summed E-state index contributed by atoms with van der Waals surface area (Å²) >= 11 is 0. The van der Waals surface area contributed by atoms with Crippen molar-refractivity contribution in [1.29, 1.82) is 5.26 Å². The number of nitrogens with zero attached hydrogens (tertiary/aromatic N) is 3. The number of likely N-dealkylation sites (tertiary alicyclic amines) is 2. The standard InChI is InChI=1S/C11H20N4/c12-7-10(13)8-14-6-3-11(9-14)15-4-1-2-5-15/h10-11H,1-6,8-9,13H2. The van der Waals surface area contributed by atoms with Gasteiger partial charge in [0.15, 0.2) is 0 Å². The smallest absolute Gasteiger partial charge is 0.106 e. The molecule has 2 heterocycles. The molecule has 2 fully saturated rings. The SMILES string of the molecule is N#CC(N)CN1CCC(N2CCCC2)C1. The fraction of sp³-hybridized carbons (Fsp3) is 0.909. The molecule has 0 bridgehead atoms. The van der Waals surface area contributed by atoms with E-state index in [0.29, 0.717) is 0 Å². The molecule has 0 radical (unpaired) electrons. The van der Waals surface area contributed by atoms with Gasteiger partial charge in [0.05, 0.1) is 6.07 Å². The first-order valence-electron chi connectivity index (χ1n) is 5.91. The molecular weight excluding hydrogens is 188 g/mol. The van der Waals surface area contributed by atoms with Gasteiger partial charge in [-0.15, -0.1) is 0 Å². The number of hydrogen-bond donors (Lipinski definition) is 1. The van der Waals surface area contributed by atoms with Crippen molar-refractivity contribution in [3.63, 3.8) is 0 Å². The van der Waals surface area contributed by atoms with Crippen LogP contribution in [0.5, 0.6) is 0 Å². The van der Waals surface area contributed by atoms with Crippen molar-refractivity contribution < 1.29 is 0 Å². The minimum Gasteiger partial charge on any atom is -0.315 e. The summed E-state index contributed by atoms with van der Waals surface area (Å²) in [5.41, 5.74) is 5.64. The Hall–Kier alpha value is -0.630. The van der Waals surface area contributed by atoms with E-state index in [-0.39, 0.29) is 6.04 Å². The summed E-state index contributed by atoms with van der Waals surface area (Å²) in [5, 5.41) is 8.66. The lowest BCUT2D eigenvalue weighted by Crippen LogP contribution is -2.39. The number of nitriles is 1. The van der Waals surface area contributed by atoms with E-state index in [1.807, 2.05) is 0 Å². The van der Waals surface area contributed by atoms with E-state index in [2.05, 4.69) is 15.9 Å². The van der Waals surface area contributed by atoms with Gasteiger partial charge in [-0.1, -0.05) is 0 Å². The molecule has 84 valence electrons. The van der Waals surface area contributed by atoms with Crippen LogP contribution >= 0.6 is 0 Å². The second-order valence-corrected chi connectivity index (χ2v) is 4.68. The van der Waals surface area contributed by atoms with Gasteiger partial charge in [0.2, 0.25) is 0 Å². The van der Waals surface area contributed by atoms with Crippen LogP contribution in [0, 0.1) is 11.3 Å². The normalized spacial score (nSPS) is 30.5. The highest BCUT2D eigenvalue weighted by atomic mass is 15.3. The third-order valence-electron chi connectivity index (χ3n) is 3.53. The monoisotopic (exact) mass is 208 g/mol. The Balaban J connectivity index is 1.76. The lowest BCUT2D eigenvalue weighted by Gasteiger charge is -2.23. The summed E-state index contributed by atoms with van der Waals surface area (Å²) in [6, 6.07) is 2.50. The van der Waals surface area contributed by atoms with Gasteiger partial charge in [-0.2, -0.15) is 5.26 Å². The molecule has 2 aliphatic heterocycles. The maximum absolute atomic E-state index is 8.66. The predicted octanol–water partition coefficient (Wildman–Crippen LogP) is 0.00738. The van der Waals surface area contributed by atoms with E-state index in [9.17, 15) is 0 Å². The van der Waals surface area contributed by atoms with Crippen LogP contribution in [0.15, 0.2) is 0 Å². The van der Waals surface area contributed by atoms with E-state index in [1.165, 1.54) is 32.4 Å². The maximum Gasteiger partial charge on any atom is 0.106 e. The van der Waals surface area contributed by atoms with E-state index in [4.69, 9.17) is 11.0 Å². The molecule has 2 rings (SSSR count). The molecule has 0 saturated carbocycles. The fourth-order valence-corrected chi connectivity index (χ4v) is 2.70. The van der Waals surface area contributed by atoms with E-state index in [0.717, 1.165) is 25.7 Å². The first kappa shape index (κ1) is 10.9. The van der Waals surface area contributed by atoms with Crippen LogP contribution in [-0.4, -0.2) is 54.6 Å². The van der Waals surface area contributed by atoms with Gasteiger partial charge in [-0.05, 0) is 38.9 Å². The van der Waals surface area contributed by atoms with E-state index in [1.54, 1.807) is 0 Å². The van der Waals surface area contributed by atoms with Crippen molar-refractivity contribution in [2.75, 3.05) is 32.7 Å². The molecule has 2 unspecified atom stereocenters. The van der Waals surface area contributed by atoms with Crippen LogP contribution in [0.4, 0.5) is 0 Å². The molecule has 0 aromatic carbocycles. The van der Waals surface area contributed by atoms with Gasteiger partial charge in [-0.3, -0.25) is 9.80 Å². The summed E-state index contributed by atoms with van der Waals surface area (Å²) in [6.07, 6.45) is 3.96. The summed E-state index contributed by atoms with van der Waals surface area (Å²) in [5.74, 6) is 0. The molecule has 2 atom stereocenters. The Morgan fingerprint density at radius 2 is 2.07 bits per heavy atom. The number of hydrogen-bond acceptors (Lipinski definition) is 4. The van der Waals surface area contributed by atoms with Crippen LogP contribution in [-0.2, 0) is 0 Å². The van der Waals surface area contributed by atoms with Gasteiger partial charge >= 0.3 is 0 Å². The second-order valence-electron chi connectivity index (χ2n) is 4.68. The molecule has 0 aromatic heterocycles. The Bertz CT molecular complexity index is 241. The van der Waals surface area contributed by atoms with Gasteiger partial charge in [-0.25, -0.2) is 0 Å². The molecule has 2 aliphatic rings. The minimum atomic E-state index is -0.317. The van der Waals surface area contributed by atoms with Gasteiger partial charge < -0.3 is 5.73 Å². The van der Waals surface area contributed by atoms with Gasteiger partial charge in [0.1, 0.15) is 6.04 Å². The molecule has 15 heavy (non-hydrogen) atoms. The highest BCUT2D eigenvalue weighted by Crippen LogP contribution is 2.20. The van der Waals surface area contributed by atoms with E-state index >= 15 is 0 Å². The Kier molecular flexibility index (Phi) is 3.57. The zero-order valence-electron chi connectivity index (χ0n) is 9.23. The summed E-state index contributed by atoms with van der Waals surface area (Å²) in [6.45, 7) is 5.48. The highest BCUT2D eigenvalue weighted by molar-refractivity contribution is 4.93. The largest absolute Gasteiger partial charge is 0.315 e. The summed E-state index contributed by atoms with van der Waals surface area (Å²) in [4.78, 5) is 4.93. The Morgan fingerprint density at radius 1 is 1.33 bits per heavy atom. The lowest BCUT2D eigenvalue weighted by molar-refractivity contribution is 0.231. The van der Waals surface area contributed by atoms with Gasteiger partial charge in [0.25, 0.3) is 0 Å². The minimum absolute atomic E-state index is 0.317. The van der Waals surface area contributed by atoms with Crippen molar-refractivity contribution in [2.45, 2.75) is 31.3 Å². The number of rotatable bonds is 3. The molecular formula is C11H20N4. The third kappa shape index (κ3) is 2.69. The number of nitrogens with two attached hydrogens (primary N) is 1. The quantitative estimate of drug-likeness (QED) is 0.709. The maximum atomic E-state index is 8.66. The Labute approximate surface area is 91.6 Å². The molecule has 0 spiro atoms. The average Bonchev–Trinajstić information content (AvgIpc) is 2.85. The molecule has 2 N–H and O–H groups in total. The fourth-order valence-electron chi connectivity index (χ4n) is 2.70. The summed E-state index contributed by atoms with van der Waals surface area (Å²) in [7, 11) is 0. The molecule has 2 saturated heterocycles. The molecule has 4 nitrogen and oxygen atoms in total. The molecule has 0 amide bonds. The Morgan fingerprint density at radius 3 is 2.73 bits per heavy atom. The van der Waals surface area contributed by atoms with Crippen molar-refractivity contribution in [2.24, 2.45) is 5.73 Å². The van der Waals surface area contributed by atoms with Crippen LogP contribution in [0.1, 0.15) is 19.3 Å². The van der Waals surface area contributed by atoms with Crippen molar-refractivity contribution in [3.05, 3.63) is 0 Å². The van der Waals surface area contributed by atoms with Crippen LogP contribution < -0.4 is 5.73 Å². The highest BCUT2D eigenvalue weighted by Gasteiger charge is 2.29. The van der Waals surface area contributed by atoms with Crippen molar-refractivity contribution >= 4 is 0 Å². The molecule has 4 heteroatoms. The van der Waals surface area contributed by atoms with Crippen LogP contribution in [0.2, 0.25) is 0 Å². The topological polar surface area (TPSA) is 56.3 Å². The first-order chi connectivity index (χ1) is 7.29. The summed E-state index contributed by atoms with van der Waals surface area (Å²) < 4.78 is 0. The zero-order valence-corrected chi connectivity index (χ0v) is 9.23. The average molecular weight is 208 g/mol. The molecule has 0 aromatic rings. The predicted molar refractivity (Wildman–Crippen MR) is 59.2 cm³/mol. The van der Waals surface area contributed by atoms with Crippen LogP contribution in [0.3, 0.4) is 0 Å². The van der Waals surface area contributed by atoms with E-state index < -0.39 is 0 Å². The van der Waals surface area contributed by atoms with Crippen molar-refractivity contribution in [1.82, 2.24) is 9.80 Å². The molecule has 0 aliphatic carbocycles. The zero-order chi connectivity index (χ0) is 10.7. The lowest BCUT2D eigenvalue weighted by atomic mass is 10.2. The van der Waals surface area contributed by atoms with Crippen LogP contribution in [0.25, 0.3) is 0 Å².